The second-order valence-corrected chi connectivity index (χ2v) is 3.55. The highest BCUT2D eigenvalue weighted by Crippen LogP contribution is 2.11. The summed E-state index contributed by atoms with van der Waals surface area (Å²) in [6.07, 6.45) is 5.94. The fourth-order valence-electron chi connectivity index (χ4n) is 1.30. The number of nitrogens with one attached hydrogen (secondary N) is 1. The summed E-state index contributed by atoms with van der Waals surface area (Å²) >= 11 is 4.87. The Kier molecular flexibility index (Phi) is 2.73. The first-order valence-electron chi connectivity index (χ1n) is 4.48. The molecule has 2 rings (SSSR count). The van der Waals surface area contributed by atoms with Crippen LogP contribution in [0.25, 0.3) is 0 Å². The number of hydrogen-bond acceptors (Lipinski definition) is 4. The molecule has 0 aliphatic carbocycles. The van der Waals surface area contributed by atoms with Gasteiger partial charge in [-0.3, -0.25) is 4.98 Å². The molecule has 76 valence electrons. The Labute approximate surface area is 92.2 Å². The topological polar surface area (TPSA) is 67.6 Å². The van der Waals surface area contributed by atoms with Gasteiger partial charge in [0, 0.05) is 30.6 Å². The third kappa shape index (κ3) is 2.38. The summed E-state index contributed by atoms with van der Waals surface area (Å²) in [6, 6.07) is 3.89. The molecule has 0 amide bonds. The summed E-state index contributed by atoms with van der Waals surface area (Å²) in [4.78, 5) is 10.8. The van der Waals surface area contributed by atoms with Crippen LogP contribution in [-0.2, 0) is 6.42 Å². The molecule has 0 radical (unpaired) electrons. The van der Waals surface area contributed by atoms with E-state index < -0.39 is 0 Å². The van der Waals surface area contributed by atoms with Crippen molar-refractivity contribution in [3.8, 4) is 0 Å². The minimum Gasteiger partial charge on any atom is -0.385 e. The molecule has 3 N–H and O–H groups in total. The van der Waals surface area contributed by atoms with E-state index in [4.69, 9.17) is 18.0 Å². The van der Waals surface area contributed by atoms with Gasteiger partial charge in [-0.05, 0) is 29.9 Å². The van der Waals surface area contributed by atoms with Gasteiger partial charge in [-0.2, -0.15) is 0 Å². The first-order valence-corrected chi connectivity index (χ1v) is 4.89. The average Bonchev–Trinajstić information content (AvgIpc) is 2.24. The van der Waals surface area contributed by atoms with E-state index in [1.807, 2.05) is 12.1 Å². The molecule has 0 saturated carbocycles. The van der Waals surface area contributed by atoms with Crippen LogP contribution in [0.3, 0.4) is 0 Å². The molecule has 2 aromatic heterocycles. The summed E-state index contributed by atoms with van der Waals surface area (Å²) in [5.41, 5.74) is 7.87. The van der Waals surface area contributed by atoms with Gasteiger partial charge in [0.15, 0.2) is 4.77 Å². The fraction of sp³-hybridized carbons (Fsp3) is 0.100. The van der Waals surface area contributed by atoms with Gasteiger partial charge in [0.1, 0.15) is 5.82 Å². The summed E-state index contributed by atoms with van der Waals surface area (Å²) in [7, 11) is 0. The number of hydrogen-bond donors (Lipinski definition) is 2. The fourth-order valence-corrected chi connectivity index (χ4v) is 1.46. The lowest BCUT2D eigenvalue weighted by Crippen LogP contribution is -2.00. The molecule has 0 aromatic carbocycles. The lowest BCUT2D eigenvalue weighted by Gasteiger charge is -2.04. The molecule has 0 aliphatic rings. The second-order valence-electron chi connectivity index (χ2n) is 3.16. The lowest BCUT2D eigenvalue weighted by molar-refractivity contribution is 1.06. The predicted octanol–water partition coefficient (Wildman–Crippen LogP) is 1.71. The summed E-state index contributed by atoms with van der Waals surface area (Å²) in [6.45, 7) is 0. The first kappa shape index (κ1) is 9.79. The van der Waals surface area contributed by atoms with Crippen LogP contribution < -0.4 is 5.73 Å². The molecule has 15 heavy (non-hydrogen) atoms. The monoisotopic (exact) mass is 218 g/mol. The van der Waals surface area contributed by atoms with Gasteiger partial charge in [0.05, 0.1) is 0 Å². The Morgan fingerprint density at radius 1 is 1.33 bits per heavy atom. The summed E-state index contributed by atoms with van der Waals surface area (Å²) in [5.74, 6) is 0.576. The number of aromatic amines is 1. The van der Waals surface area contributed by atoms with E-state index in [0.717, 1.165) is 17.5 Å². The Morgan fingerprint density at radius 2 is 2.07 bits per heavy atom. The number of rotatable bonds is 2. The molecule has 0 spiro atoms. The molecule has 0 fully saturated rings. The van der Waals surface area contributed by atoms with Crippen LogP contribution in [0.1, 0.15) is 11.1 Å². The standard InChI is InChI=1S/C10H10N4S/c11-9-8(6-13-10(15)14-9)5-7-1-3-12-4-2-7/h1-4,6H,5H2,(H3,11,13,14,15). The van der Waals surface area contributed by atoms with Crippen molar-refractivity contribution in [2.24, 2.45) is 0 Å². The number of nitrogen functional groups attached to an aromatic ring is 1. The van der Waals surface area contributed by atoms with Gasteiger partial charge >= 0.3 is 0 Å². The van der Waals surface area contributed by atoms with E-state index in [0.29, 0.717) is 10.6 Å². The van der Waals surface area contributed by atoms with Crippen molar-refractivity contribution >= 4 is 18.0 Å². The summed E-state index contributed by atoms with van der Waals surface area (Å²) < 4.78 is 0.408. The minimum absolute atomic E-state index is 0.408. The van der Waals surface area contributed by atoms with Gasteiger partial charge in [-0.1, -0.05) is 0 Å². The Morgan fingerprint density at radius 3 is 2.73 bits per heavy atom. The van der Waals surface area contributed by atoms with Crippen molar-refractivity contribution in [2.45, 2.75) is 6.42 Å². The highest BCUT2D eigenvalue weighted by Gasteiger charge is 2.00. The zero-order valence-electron chi connectivity index (χ0n) is 7.97. The van der Waals surface area contributed by atoms with Crippen LogP contribution in [0, 0.1) is 4.77 Å². The van der Waals surface area contributed by atoms with Crippen molar-refractivity contribution in [3.63, 3.8) is 0 Å². The van der Waals surface area contributed by atoms with Gasteiger partial charge in [0.2, 0.25) is 0 Å². The van der Waals surface area contributed by atoms with Crippen molar-refractivity contribution in [1.82, 2.24) is 15.0 Å². The van der Waals surface area contributed by atoms with Crippen molar-refractivity contribution in [1.29, 1.82) is 0 Å². The molecule has 0 saturated heterocycles. The van der Waals surface area contributed by atoms with Gasteiger partial charge in [-0.15, -0.1) is 0 Å². The SMILES string of the molecule is Nc1[nH]c(=S)ncc1Cc1ccncc1. The zero-order chi connectivity index (χ0) is 10.7. The van der Waals surface area contributed by atoms with Crippen LogP contribution in [0.15, 0.2) is 30.7 Å². The molecular formula is C10H10N4S. The maximum absolute atomic E-state index is 5.79. The smallest absolute Gasteiger partial charge is 0.198 e. The van der Waals surface area contributed by atoms with Crippen molar-refractivity contribution in [3.05, 3.63) is 46.6 Å². The molecule has 0 atom stereocenters. The average molecular weight is 218 g/mol. The van der Waals surface area contributed by atoms with E-state index in [1.165, 1.54) is 0 Å². The van der Waals surface area contributed by atoms with E-state index in [-0.39, 0.29) is 0 Å². The van der Waals surface area contributed by atoms with E-state index in [1.54, 1.807) is 18.6 Å². The molecular weight excluding hydrogens is 208 g/mol. The Hall–Kier alpha value is -1.75. The van der Waals surface area contributed by atoms with Crippen LogP contribution >= 0.6 is 12.2 Å². The van der Waals surface area contributed by atoms with Crippen LogP contribution in [-0.4, -0.2) is 15.0 Å². The van der Waals surface area contributed by atoms with Crippen LogP contribution in [0.4, 0.5) is 5.82 Å². The molecule has 2 aromatic rings. The number of nitrogens with zero attached hydrogens (tertiary/aromatic N) is 2. The summed E-state index contributed by atoms with van der Waals surface area (Å²) in [5, 5.41) is 0. The third-order valence-electron chi connectivity index (χ3n) is 2.07. The number of aromatic nitrogens is 3. The van der Waals surface area contributed by atoms with Gasteiger partial charge in [0.25, 0.3) is 0 Å². The van der Waals surface area contributed by atoms with Crippen LogP contribution in [0.5, 0.6) is 0 Å². The highest BCUT2D eigenvalue weighted by molar-refractivity contribution is 7.71. The lowest BCUT2D eigenvalue weighted by atomic mass is 10.1. The molecule has 0 aliphatic heterocycles. The van der Waals surface area contributed by atoms with Crippen molar-refractivity contribution < 1.29 is 0 Å². The highest BCUT2D eigenvalue weighted by atomic mass is 32.1. The van der Waals surface area contributed by atoms with Gasteiger partial charge in [-0.25, -0.2) is 4.98 Å². The van der Waals surface area contributed by atoms with Crippen LogP contribution in [0.2, 0.25) is 0 Å². The predicted molar refractivity (Wildman–Crippen MR) is 60.9 cm³/mol. The molecule has 5 heteroatoms. The number of pyridine rings is 1. The minimum atomic E-state index is 0.408. The largest absolute Gasteiger partial charge is 0.385 e. The second kappa shape index (κ2) is 4.18. The molecule has 0 unspecified atom stereocenters. The maximum atomic E-state index is 5.79. The Balaban J connectivity index is 2.29. The van der Waals surface area contributed by atoms with E-state index >= 15 is 0 Å². The third-order valence-corrected chi connectivity index (χ3v) is 2.28. The van der Waals surface area contributed by atoms with Crippen molar-refractivity contribution in [2.75, 3.05) is 5.73 Å². The first-order chi connectivity index (χ1) is 7.25. The quantitative estimate of drug-likeness (QED) is 0.753. The van der Waals surface area contributed by atoms with E-state index in [2.05, 4.69) is 15.0 Å². The zero-order valence-corrected chi connectivity index (χ0v) is 8.79. The number of anilines is 1. The Bertz CT molecular complexity index is 506. The normalized spacial score (nSPS) is 10.1. The van der Waals surface area contributed by atoms with E-state index in [9.17, 15) is 0 Å². The van der Waals surface area contributed by atoms with Gasteiger partial charge < -0.3 is 10.7 Å². The molecule has 4 nitrogen and oxygen atoms in total. The molecule has 2 heterocycles. The number of nitrogens with two attached hydrogens (primary N) is 1. The maximum Gasteiger partial charge on any atom is 0.198 e. The number of H-pyrrole nitrogens is 1. The molecule has 0 bridgehead atoms.